The largest absolute Gasteiger partial charge is 0.465 e. The molecule has 1 heterocycles. The summed E-state index contributed by atoms with van der Waals surface area (Å²) in [6, 6.07) is 6.87. The third-order valence-electron chi connectivity index (χ3n) is 2.90. The zero-order chi connectivity index (χ0) is 13.1. The van der Waals surface area contributed by atoms with Gasteiger partial charge in [0.25, 0.3) is 0 Å². The van der Waals surface area contributed by atoms with E-state index in [-0.39, 0.29) is 12.5 Å². The van der Waals surface area contributed by atoms with Crippen LogP contribution in [0.1, 0.15) is 12.5 Å². The maximum absolute atomic E-state index is 12.0. The summed E-state index contributed by atoms with van der Waals surface area (Å²) in [5.74, 6) is -0.656. The second kappa shape index (κ2) is 5.18. The van der Waals surface area contributed by atoms with Crippen LogP contribution < -0.4 is 10.6 Å². The van der Waals surface area contributed by atoms with E-state index in [9.17, 15) is 9.59 Å². The molecule has 1 unspecified atom stereocenters. The van der Waals surface area contributed by atoms with Gasteiger partial charge in [0.05, 0.1) is 12.6 Å². The lowest BCUT2D eigenvalue weighted by Crippen LogP contribution is -2.50. The molecule has 96 valence electrons. The Balaban J connectivity index is 2.27. The lowest BCUT2D eigenvalue weighted by atomic mass is 9.98. The second-order valence-electron chi connectivity index (χ2n) is 4.17. The summed E-state index contributed by atoms with van der Waals surface area (Å²) in [6.07, 6.45) is 0.508. The van der Waals surface area contributed by atoms with Gasteiger partial charge in [0.2, 0.25) is 5.91 Å². The molecule has 1 aromatic carbocycles. The van der Waals surface area contributed by atoms with Crippen molar-refractivity contribution in [1.29, 1.82) is 0 Å². The predicted octanol–water partition coefficient (Wildman–Crippen LogP) is 0.466. The van der Waals surface area contributed by atoms with Crippen LogP contribution in [0, 0.1) is 0 Å². The van der Waals surface area contributed by atoms with Crippen LogP contribution >= 0.6 is 0 Å². The number of amides is 1. The van der Waals surface area contributed by atoms with Gasteiger partial charge in [-0.15, -0.1) is 0 Å². The average molecular weight is 248 g/mol. The Bertz CT molecular complexity index is 473. The summed E-state index contributed by atoms with van der Waals surface area (Å²) >= 11 is 0. The molecular formula is C13H16N2O3. The van der Waals surface area contributed by atoms with Crippen molar-refractivity contribution in [3.8, 4) is 0 Å². The van der Waals surface area contributed by atoms with Gasteiger partial charge in [-0.1, -0.05) is 18.2 Å². The average Bonchev–Trinajstić information content (AvgIpc) is 2.35. The van der Waals surface area contributed by atoms with Gasteiger partial charge in [0.15, 0.2) is 0 Å². The highest BCUT2D eigenvalue weighted by molar-refractivity contribution is 6.03. The molecule has 18 heavy (non-hydrogen) atoms. The van der Waals surface area contributed by atoms with Crippen LogP contribution in [-0.4, -0.2) is 31.1 Å². The number of hydrogen-bond acceptors (Lipinski definition) is 4. The SMILES string of the molecule is CCOC(=O)CN1C(=O)C(N)Cc2ccccc21. The van der Waals surface area contributed by atoms with Crippen LogP contribution in [-0.2, 0) is 20.7 Å². The fourth-order valence-corrected chi connectivity index (χ4v) is 2.09. The first kappa shape index (κ1) is 12.6. The molecule has 0 spiro atoms. The highest BCUT2D eigenvalue weighted by Crippen LogP contribution is 2.26. The number of rotatable bonds is 3. The summed E-state index contributed by atoms with van der Waals surface area (Å²) < 4.78 is 4.87. The van der Waals surface area contributed by atoms with Crippen molar-refractivity contribution in [3.05, 3.63) is 29.8 Å². The number of nitrogens with two attached hydrogens (primary N) is 1. The first-order valence-electron chi connectivity index (χ1n) is 5.94. The lowest BCUT2D eigenvalue weighted by molar-refractivity contribution is -0.142. The molecule has 1 atom stereocenters. The Morgan fingerprint density at radius 2 is 2.22 bits per heavy atom. The molecule has 2 N–H and O–H groups in total. The number of ether oxygens (including phenoxy) is 1. The number of fused-ring (bicyclic) bond motifs is 1. The first-order chi connectivity index (χ1) is 8.63. The highest BCUT2D eigenvalue weighted by atomic mass is 16.5. The normalized spacial score (nSPS) is 18.4. The van der Waals surface area contributed by atoms with Crippen molar-refractivity contribution in [3.63, 3.8) is 0 Å². The molecule has 2 rings (SSSR count). The van der Waals surface area contributed by atoms with Crippen molar-refractivity contribution in [2.24, 2.45) is 5.73 Å². The zero-order valence-electron chi connectivity index (χ0n) is 10.3. The third-order valence-corrected chi connectivity index (χ3v) is 2.90. The van der Waals surface area contributed by atoms with Gasteiger partial charge < -0.3 is 10.5 Å². The molecule has 0 aromatic heterocycles. The van der Waals surface area contributed by atoms with E-state index in [1.165, 1.54) is 4.90 Å². The smallest absolute Gasteiger partial charge is 0.326 e. The number of carbonyl (C=O) groups excluding carboxylic acids is 2. The van der Waals surface area contributed by atoms with Gasteiger partial charge in [0.1, 0.15) is 6.54 Å². The minimum absolute atomic E-state index is 0.0859. The summed E-state index contributed by atoms with van der Waals surface area (Å²) in [6.45, 7) is 1.95. The van der Waals surface area contributed by atoms with Crippen molar-refractivity contribution in [1.82, 2.24) is 0 Å². The number of anilines is 1. The fraction of sp³-hybridized carbons (Fsp3) is 0.385. The maximum Gasteiger partial charge on any atom is 0.326 e. The number of para-hydroxylation sites is 1. The molecule has 5 heteroatoms. The van der Waals surface area contributed by atoms with Crippen LogP contribution in [0.4, 0.5) is 5.69 Å². The van der Waals surface area contributed by atoms with Crippen LogP contribution in [0.15, 0.2) is 24.3 Å². The van der Waals surface area contributed by atoms with E-state index in [0.29, 0.717) is 13.0 Å². The molecule has 0 saturated heterocycles. The molecule has 1 aliphatic heterocycles. The molecular weight excluding hydrogens is 232 g/mol. The lowest BCUT2D eigenvalue weighted by Gasteiger charge is -2.31. The monoisotopic (exact) mass is 248 g/mol. The Kier molecular flexibility index (Phi) is 3.62. The summed E-state index contributed by atoms with van der Waals surface area (Å²) in [5, 5.41) is 0. The number of benzene rings is 1. The molecule has 0 saturated carbocycles. The molecule has 5 nitrogen and oxygen atoms in total. The van der Waals surface area contributed by atoms with Crippen LogP contribution in [0.2, 0.25) is 0 Å². The highest BCUT2D eigenvalue weighted by Gasteiger charge is 2.31. The van der Waals surface area contributed by atoms with Crippen molar-refractivity contribution < 1.29 is 14.3 Å². The summed E-state index contributed by atoms with van der Waals surface area (Å²) in [5.41, 5.74) is 7.52. The van der Waals surface area contributed by atoms with Crippen molar-refractivity contribution >= 4 is 17.6 Å². The minimum Gasteiger partial charge on any atom is -0.465 e. The van der Waals surface area contributed by atoms with E-state index < -0.39 is 12.0 Å². The molecule has 0 radical (unpaired) electrons. The maximum atomic E-state index is 12.0. The third kappa shape index (κ3) is 2.36. The van der Waals surface area contributed by atoms with Crippen LogP contribution in [0.3, 0.4) is 0 Å². The molecule has 1 aliphatic rings. The van der Waals surface area contributed by atoms with E-state index in [1.807, 2.05) is 24.3 Å². The van der Waals surface area contributed by atoms with Gasteiger partial charge in [-0.2, -0.15) is 0 Å². The number of carbonyl (C=O) groups is 2. The first-order valence-corrected chi connectivity index (χ1v) is 5.94. The Labute approximate surface area is 106 Å². The van der Waals surface area contributed by atoms with Crippen molar-refractivity contribution in [2.45, 2.75) is 19.4 Å². The molecule has 1 aromatic rings. The summed E-state index contributed by atoms with van der Waals surface area (Å²) in [7, 11) is 0. The van der Waals surface area contributed by atoms with Crippen LogP contribution in [0.25, 0.3) is 0 Å². The van der Waals surface area contributed by atoms with E-state index >= 15 is 0 Å². The number of esters is 1. The number of nitrogens with zero attached hydrogens (tertiary/aromatic N) is 1. The predicted molar refractivity (Wildman–Crippen MR) is 67.1 cm³/mol. The number of hydrogen-bond donors (Lipinski definition) is 1. The molecule has 0 bridgehead atoms. The van der Waals surface area contributed by atoms with Gasteiger partial charge in [-0.3, -0.25) is 14.5 Å². The Morgan fingerprint density at radius 1 is 1.50 bits per heavy atom. The van der Waals surface area contributed by atoms with Gasteiger partial charge in [-0.05, 0) is 25.0 Å². The minimum atomic E-state index is -0.589. The van der Waals surface area contributed by atoms with Crippen LogP contribution in [0.5, 0.6) is 0 Å². The summed E-state index contributed by atoms with van der Waals surface area (Å²) in [4.78, 5) is 24.9. The van der Waals surface area contributed by atoms with E-state index in [2.05, 4.69) is 0 Å². The second-order valence-corrected chi connectivity index (χ2v) is 4.17. The zero-order valence-corrected chi connectivity index (χ0v) is 10.3. The molecule has 1 amide bonds. The quantitative estimate of drug-likeness (QED) is 0.789. The Hall–Kier alpha value is -1.88. The van der Waals surface area contributed by atoms with Gasteiger partial charge in [0, 0.05) is 5.69 Å². The van der Waals surface area contributed by atoms with Gasteiger partial charge >= 0.3 is 5.97 Å². The topological polar surface area (TPSA) is 72.6 Å². The van der Waals surface area contributed by atoms with E-state index in [1.54, 1.807) is 6.92 Å². The van der Waals surface area contributed by atoms with E-state index in [0.717, 1.165) is 11.3 Å². The fourth-order valence-electron chi connectivity index (χ4n) is 2.09. The van der Waals surface area contributed by atoms with Crippen molar-refractivity contribution in [2.75, 3.05) is 18.1 Å². The standard InChI is InChI=1S/C13H16N2O3/c1-2-18-12(16)8-15-11-6-4-3-5-9(11)7-10(14)13(15)17/h3-6,10H,2,7-8,14H2,1H3. The van der Waals surface area contributed by atoms with E-state index in [4.69, 9.17) is 10.5 Å². The molecule has 0 aliphatic carbocycles. The Morgan fingerprint density at radius 3 is 2.94 bits per heavy atom. The molecule has 0 fully saturated rings. The van der Waals surface area contributed by atoms with Gasteiger partial charge in [-0.25, -0.2) is 0 Å².